The van der Waals surface area contributed by atoms with E-state index in [9.17, 15) is 19.8 Å². The lowest BCUT2D eigenvalue weighted by molar-refractivity contribution is -0.251. The minimum Gasteiger partial charge on any atom is -0.460 e. The van der Waals surface area contributed by atoms with Crippen molar-refractivity contribution in [2.24, 2.45) is 51.2 Å². The number of nitrogens with one attached hydrogen (secondary N) is 1. The number of hydrogen-bond donors (Lipinski definition) is 3. The molecule has 5 rings (SSSR count). The smallest absolute Gasteiger partial charge is 0.408 e. The Bertz CT molecular complexity index is 1230. The van der Waals surface area contributed by atoms with E-state index >= 15 is 0 Å². The second-order valence-electron chi connectivity index (χ2n) is 20.2. The zero-order valence-corrected chi connectivity index (χ0v) is 32.5. The van der Waals surface area contributed by atoms with E-state index in [0.29, 0.717) is 11.8 Å². The summed E-state index contributed by atoms with van der Waals surface area (Å²) in [4.78, 5) is 26.3. The van der Waals surface area contributed by atoms with Crippen molar-refractivity contribution >= 4 is 12.1 Å². The van der Waals surface area contributed by atoms with Gasteiger partial charge in [0.25, 0.3) is 0 Å². The number of alkyl carbamates (subject to hydrolysis) is 1. The second-order valence-corrected chi connectivity index (χ2v) is 20.2. The first-order valence-corrected chi connectivity index (χ1v) is 19.1. The quantitative estimate of drug-likeness (QED) is 0.246. The van der Waals surface area contributed by atoms with Gasteiger partial charge in [0, 0.05) is 5.41 Å². The average Bonchev–Trinajstić information content (AvgIpc) is 3.52. The van der Waals surface area contributed by atoms with Crippen LogP contribution in [0.4, 0.5) is 4.79 Å². The van der Waals surface area contributed by atoms with Crippen molar-refractivity contribution in [1.82, 2.24) is 5.32 Å². The summed E-state index contributed by atoms with van der Waals surface area (Å²) in [6, 6.07) is -0.788. The number of aliphatic hydroxyl groups is 2. The molecule has 276 valence electrons. The molecule has 0 spiro atoms. The highest BCUT2D eigenvalue weighted by Crippen LogP contribution is 2.76. The molecule has 0 unspecified atom stereocenters. The van der Waals surface area contributed by atoms with E-state index in [1.807, 2.05) is 27.7 Å². The number of ether oxygens (including phenoxy) is 3. The molecule has 8 nitrogen and oxygen atoms in total. The molecule has 4 aliphatic carbocycles. The van der Waals surface area contributed by atoms with Crippen LogP contribution >= 0.6 is 0 Å². The summed E-state index contributed by atoms with van der Waals surface area (Å²) in [5.74, 6) is 0.575. The van der Waals surface area contributed by atoms with E-state index in [1.165, 1.54) is 0 Å². The van der Waals surface area contributed by atoms with Crippen LogP contribution in [0.3, 0.4) is 0 Å². The normalized spacial score (nSPS) is 44.7. The fourth-order valence-electron chi connectivity index (χ4n) is 12.4. The number of esters is 1. The van der Waals surface area contributed by atoms with Crippen LogP contribution in [0, 0.1) is 51.2 Å². The zero-order chi connectivity index (χ0) is 36.0. The van der Waals surface area contributed by atoms with Gasteiger partial charge in [-0.3, -0.25) is 0 Å². The topological polar surface area (TPSA) is 114 Å². The monoisotopic (exact) mass is 676 g/mol. The van der Waals surface area contributed by atoms with Crippen LogP contribution < -0.4 is 5.32 Å². The predicted octanol–water partition coefficient (Wildman–Crippen LogP) is 7.81. The van der Waals surface area contributed by atoms with Crippen molar-refractivity contribution < 1.29 is 34.0 Å². The summed E-state index contributed by atoms with van der Waals surface area (Å²) >= 11 is 0. The van der Waals surface area contributed by atoms with Gasteiger partial charge in [-0.15, -0.1) is 0 Å². The number of amides is 1. The number of hydrogen-bond acceptors (Lipinski definition) is 7. The Labute approximate surface area is 291 Å². The molecule has 3 N–H and O–H groups in total. The van der Waals surface area contributed by atoms with Gasteiger partial charge in [-0.25, -0.2) is 9.59 Å². The molecular formula is C40H69NO7. The lowest BCUT2D eigenvalue weighted by Gasteiger charge is -2.70. The molecular weight excluding hydrogens is 606 g/mol. The highest BCUT2D eigenvalue weighted by Gasteiger charge is 2.72. The van der Waals surface area contributed by atoms with E-state index < -0.39 is 35.4 Å². The van der Waals surface area contributed by atoms with Crippen LogP contribution in [0.15, 0.2) is 0 Å². The maximum Gasteiger partial charge on any atom is 0.408 e. The Kier molecular flexibility index (Phi) is 9.55. The van der Waals surface area contributed by atoms with Crippen molar-refractivity contribution in [1.29, 1.82) is 0 Å². The van der Waals surface area contributed by atoms with Crippen LogP contribution in [0.5, 0.6) is 0 Å². The van der Waals surface area contributed by atoms with Crippen molar-refractivity contribution in [2.75, 3.05) is 0 Å². The number of aliphatic hydroxyl groups excluding tert-OH is 1. The minimum absolute atomic E-state index is 0.00155. The first-order valence-electron chi connectivity index (χ1n) is 19.1. The maximum atomic E-state index is 13.7. The van der Waals surface area contributed by atoms with Crippen LogP contribution in [0.25, 0.3) is 0 Å². The van der Waals surface area contributed by atoms with E-state index in [-0.39, 0.29) is 57.2 Å². The molecule has 48 heavy (non-hydrogen) atoms. The third-order valence-corrected chi connectivity index (χ3v) is 15.1. The van der Waals surface area contributed by atoms with Crippen molar-refractivity contribution in [3.63, 3.8) is 0 Å². The number of rotatable bonds is 6. The van der Waals surface area contributed by atoms with E-state index in [0.717, 1.165) is 57.8 Å². The van der Waals surface area contributed by atoms with Crippen molar-refractivity contribution in [3.05, 3.63) is 0 Å². The summed E-state index contributed by atoms with van der Waals surface area (Å²) < 4.78 is 18.5. The van der Waals surface area contributed by atoms with Gasteiger partial charge < -0.3 is 29.7 Å². The molecule has 5 aliphatic rings. The van der Waals surface area contributed by atoms with Crippen molar-refractivity contribution in [3.8, 4) is 0 Å². The molecule has 0 radical (unpaired) electrons. The molecule has 0 aromatic heterocycles. The molecule has 1 amide bonds. The van der Waals surface area contributed by atoms with Crippen LogP contribution in [0.2, 0.25) is 0 Å². The Morgan fingerprint density at radius 3 is 2.04 bits per heavy atom. The molecule has 1 heterocycles. The van der Waals surface area contributed by atoms with E-state index in [1.54, 1.807) is 20.8 Å². The number of carbonyl (C=O) groups is 2. The van der Waals surface area contributed by atoms with Gasteiger partial charge in [-0.1, -0.05) is 48.5 Å². The minimum atomic E-state index is -0.876. The fourth-order valence-corrected chi connectivity index (χ4v) is 12.4. The Morgan fingerprint density at radius 2 is 1.48 bits per heavy atom. The standard InChI is InChI=1S/C40H69NO7/c1-23(2)31(41-33(44)48-34(3,4)5)32(43)46-28-16-18-37(10)26(35(28,6)7)15-20-38(11)27(37)22-25(42)30-24(14-19-39(30,38)12)40(13)21-17-29(47-40)36(8,9)45/h23-31,42,45H,14-22H2,1-13H3,(H,41,44)/t24-,25+,26-,27+,28-,29+,30-,31-,37-,38+,39+,40-/m0/s1. The SMILES string of the molecule is CC(C)[C@H](NC(=O)OC(C)(C)C)C(=O)O[C@H]1CC[C@]2(C)[C@H]3C[C@@H](O)[C@@H]4[C@@H]([C@]5(C)CC[C@H](C(C)(C)O)O5)CC[C@@]4(C)[C@]3(C)CC[C@H]2C1(C)C. The molecule has 8 heteroatoms. The first kappa shape index (κ1) is 37.9. The first-order chi connectivity index (χ1) is 21.8. The molecule has 1 aliphatic heterocycles. The number of carbonyl (C=O) groups excluding carboxylic acids is 2. The van der Waals surface area contributed by atoms with Crippen LogP contribution in [0.1, 0.15) is 148 Å². The second kappa shape index (κ2) is 12.1. The molecule has 0 bridgehead atoms. The third-order valence-electron chi connectivity index (χ3n) is 15.1. The summed E-state index contributed by atoms with van der Waals surface area (Å²) in [5.41, 5.74) is -2.09. The van der Waals surface area contributed by atoms with Gasteiger partial charge in [0.05, 0.1) is 23.4 Å². The lowest BCUT2D eigenvalue weighted by atomic mass is 9.35. The Balaban J connectivity index is 1.35. The molecule has 5 fully saturated rings. The molecule has 12 atom stereocenters. The van der Waals surface area contributed by atoms with Crippen molar-refractivity contribution in [2.45, 2.75) is 189 Å². The Morgan fingerprint density at radius 1 is 0.854 bits per heavy atom. The van der Waals surface area contributed by atoms with Crippen LogP contribution in [-0.4, -0.2) is 63.4 Å². The average molecular weight is 676 g/mol. The van der Waals surface area contributed by atoms with Gasteiger partial charge >= 0.3 is 12.1 Å². The van der Waals surface area contributed by atoms with Gasteiger partial charge in [0.2, 0.25) is 0 Å². The highest BCUT2D eigenvalue weighted by molar-refractivity contribution is 5.81. The predicted molar refractivity (Wildman–Crippen MR) is 187 cm³/mol. The third kappa shape index (κ3) is 6.14. The van der Waals surface area contributed by atoms with Gasteiger partial charge in [-0.05, 0) is 145 Å². The van der Waals surface area contributed by atoms with Gasteiger partial charge in [0.1, 0.15) is 17.7 Å². The van der Waals surface area contributed by atoms with Gasteiger partial charge in [-0.2, -0.15) is 0 Å². The zero-order valence-electron chi connectivity index (χ0n) is 32.5. The maximum absolute atomic E-state index is 13.7. The largest absolute Gasteiger partial charge is 0.460 e. The molecule has 0 aromatic carbocycles. The fraction of sp³-hybridized carbons (Fsp3) is 0.950. The van der Waals surface area contributed by atoms with E-state index in [4.69, 9.17) is 14.2 Å². The summed E-state index contributed by atoms with van der Waals surface area (Å²) in [7, 11) is 0. The molecule has 4 saturated carbocycles. The summed E-state index contributed by atoms with van der Waals surface area (Å²) in [5, 5.41) is 25.8. The van der Waals surface area contributed by atoms with Gasteiger partial charge in [0.15, 0.2) is 0 Å². The number of fused-ring (bicyclic) bond motifs is 5. The lowest BCUT2D eigenvalue weighted by Crippen LogP contribution is -2.67. The van der Waals surface area contributed by atoms with E-state index in [2.05, 4.69) is 46.9 Å². The summed E-state index contributed by atoms with van der Waals surface area (Å²) in [6.45, 7) is 27.2. The highest BCUT2D eigenvalue weighted by atomic mass is 16.6. The summed E-state index contributed by atoms with van der Waals surface area (Å²) in [6.07, 6.45) is 7.11. The molecule has 0 aromatic rings. The Hall–Kier alpha value is -1.38. The molecule has 1 saturated heterocycles. The van der Waals surface area contributed by atoms with Crippen LogP contribution in [-0.2, 0) is 19.0 Å².